The van der Waals surface area contributed by atoms with Crippen LogP contribution in [0.2, 0.25) is 5.02 Å². The highest BCUT2D eigenvalue weighted by Crippen LogP contribution is 2.28. The van der Waals surface area contributed by atoms with Crippen LogP contribution in [-0.2, 0) is 4.79 Å². The molecule has 0 saturated carbocycles. The molecule has 4 N–H and O–H groups in total. The number of nitrogens with one attached hydrogen (secondary N) is 2. The van der Waals surface area contributed by atoms with Crippen LogP contribution < -0.4 is 21.1 Å². The molecule has 23 heavy (non-hydrogen) atoms. The number of thiophene rings is 1. The number of urea groups is 1. The Bertz CT molecular complexity index is 691. The van der Waals surface area contributed by atoms with Crippen molar-refractivity contribution in [3.8, 4) is 5.75 Å². The van der Waals surface area contributed by atoms with E-state index in [2.05, 4.69) is 10.6 Å². The van der Waals surface area contributed by atoms with Gasteiger partial charge < -0.3 is 21.1 Å². The van der Waals surface area contributed by atoms with Crippen LogP contribution in [0.3, 0.4) is 0 Å². The Morgan fingerprint density at radius 2 is 2.17 bits per heavy atom. The Kier molecular flexibility index (Phi) is 5.84. The van der Waals surface area contributed by atoms with Gasteiger partial charge in [-0.2, -0.15) is 0 Å². The molecule has 0 saturated heterocycles. The van der Waals surface area contributed by atoms with Gasteiger partial charge in [0.25, 0.3) is 0 Å². The molecule has 1 aromatic heterocycles. The molecule has 0 fully saturated rings. The average Bonchev–Trinajstić information content (AvgIpc) is 3.02. The van der Waals surface area contributed by atoms with E-state index in [1.807, 2.05) is 17.5 Å². The first kappa shape index (κ1) is 17.1. The maximum Gasteiger partial charge on any atom is 0.312 e. The van der Waals surface area contributed by atoms with Crippen molar-refractivity contribution in [3.63, 3.8) is 0 Å². The number of primary amides is 1. The number of benzene rings is 1. The Balaban J connectivity index is 2.06. The predicted octanol–water partition coefficient (Wildman–Crippen LogP) is 3.15. The van der Waals surface area contributed by atoms with Crippen LogP contribution in [0.15, 0.2) is 35.7 Å². The molecule has 0 spiro atoms. The fraction of sp³-hybridized carbons (Fsp3) is 0.200. The van der Waals surface area contributed by atoms with Crippen molar-refractivity contribution in [1.82, 2.24) is 5.32 Å². The minimum absolute atomic E-state index is 0.0474. The quantitative estimate of drug-likeness (QED) is 0.744. The number of carbonyl (C=O) groups excluding carboxylic acids is 2. The fourth-order valence-electron chi connectivity index (χ4n) is 1.99. The molecular formula is C15H16ClN3O3S. The van der Waals surface area contributed by atoms with E-state index in [1.54, 1.807) is 18.2 Å². The van der Waals surface area contributed by atoms with Crippen molar-refractivity contribution < 1.29 is 14.3 Å². The monoisotopic (exact) mass is 353 g/mol. The van der Waals surface area contributed by atoms with Gasteiger partial charge in [0, 0.05) is 10.9 Å². The second kappa shape index (κ2) is 7.85. The summed E-state index contributed by atoms with van der Waals surface area (Å²) < 4.78 is 5.06. The van der Waals surface area contributed by atoms with Gasteiger partial charge in [-0.05, 0) is 23.6 Å². The van der Waals surface area contributed by atoms with Crippen LogP contribution in [-0.4, -0.2) is 19.0 Å². The number of ether oxygens (including phenoxy) is 1. The summed E-state index contributed by atoms with van der Waals surface area (Å²) in [5.41, 5.74) is 5.65. The third-order valence-corrected chi connectivity index (χ3v) is 4.34. The highest BCUT2D eigenvalue weighted by Gasteiger charge is 2.19. The van der Waals surface area contributed by atoms with Crippen molar-refractivity contribution in [1.29, 1.82) is 0 Å². The molecule has 0 aliphatic carbocycles. The first-order chi connectivity index (χ1) is 11.0. The number of carbonyl (C=O) groups is 2. The Labute approximate surface area is 142 Å². The van der Waals surface area contributed by atoms with E-state index >= 15 is 0 Å². The first-order valence-electron chi connectivity index (χ1n) is 6.72. The number of rotatable bonds is 6. The van der Waals surface area contributed by atoms with Crippen LogP contribution in [0.4, 0.5) is 10.5 Å². The van der Waals surface area contributed by atoms with Crippen LogP contribution in [0.25, 0.3) is 0 Å². The molecule has 122 valence electrons. The van der Waals surface area contributed by atoms with Crippen molar-refractivity contribution in [3.05, 3.63) is 45.6 Å². The zero-order chi connectivity index (χ0) is 16.8. The summed E-state index contributed by atoms with van der Waals surface area (Å²) >= 11 is 7.53. The standard InChI is InChI=1S/C15H16ClN3O3S/c1-22-9-4-5-11(10(16)7-9)18-14(20)8-12(19-15(17)21)13-3-2-6-23-13/h2-7,12H,8H2,1H3,(H,18,20)(H3,17,19,21). The van der Waals surface area contributed by atoms with Crippen LogP contribution in [0.1, 0.15) is 17.3 Å². The molecule has 0 radical (unpaired) electrons. The number of hydrogen-bond acceptors (Lipinski definition) is 4. The lowest BCUT2D eigenvalue weighted by molar-refractivity contribution is -0.116. The van der Waals surface area contributed by atoms with Gasteiger partial charge in [-0.3, -0.25) is 4.79 Å². The van der Waals surface area contributed by atoms with E-state index < -0.39 is 12.1 Å². The van der Waals surface area contributed by atoms with Crippen LogP contribution in [0.5, 0.6) is 5.75 Å². The number of halogens is 1. The molecule has 1 atom stereocenters. The Morgan fingerprint density at radius 3 is 2.74 bits per heavy atom. The molecule has 8 heteroatoms. The molecule has 1 unspecified atom stereocenters. The molecule has 0 aliphatic heterocycles. The van der Waals surface area contributed by atoms with Crippen molar-refractivity contribution in [2.45, 2.75) is 12.5 Å². The first-order valence-corrected chi connectivity index (χ1v) is 7.98. The molecule has 6 nitrogen and oxygen atoms in total. The Hall–Kier alpha value is -2.25. The summed E-state index contributed by atoms with van der Waals surface area (Å²) in [7, 11) is 1.53. The van der Waals surface area contributed by atoms with Crippen molar-refractivity contribution in [2.75, 3.05) is 12.4 Å². The van der Waals surface area contributed by atoms with Gasteiger partial charge in [-0.25, -0.2) is 4.79 Å². The van der Waals surface area contributed by atoms with Gasteiger partial charge in [0.1, 0.15) is 5.75 Å². The fourth-order valence-corrected chi connectivity index (χ4v) is 2.99. The highest BCUT2D eigenvalue weighted by molar-refractivity contribution is 7.10. The molecule has 0 bridgehead atoms. The molecule has 2 aromatic rings. The van der Waals surface area contributed by atoms with E-state index in [0.717, 1.165) is 4.88 Å². The maximum atomic E-state index is 12.2. The van der Waals surface area contributed by atoms with E-state index in [0.29, 0.717) is 16.5 Å². The van der Waals surface area contributed by atoms with Crippen molar-refractivity contribution in [2.24, 2.45) is 5.73 Å². The summed E-state index contributed by atoms with van der Waals surface area (Å²) in [4.78, 5) is 24.2. The largest absolute Gasteiger partial charge is 0.497 e. The highest BCUT2D eigenvalue weighted by atomic mass is 35.5. The molecule has 0 aliphatic rings. The van der Waals surface area contributed by atoms with Gasteiger partial charge in [-0.1, -0.05) is 17.7 Å². The summed E-state index contributed by atoms with van der Waals surface area (Å²) in [6.45, 7) is 0. The van der Waals surface area contributed by atoms with Gasteiger partial charge in [0.05, 0.1) is 30.3 Å². The van der Waals surface area contributed by atoms with E-state index in [4.69, 9.17) is 22.1 Å². The maximum absolute atomic E-state index is 12.2. The number of nitrogens with two attached hydrogens (primary N) is 1. The summed E-state index contributed by atoms with van der Waals surface area (Å²) in [6, 6.07) is 7.46. The zero-order valence-corrected chi connectivity index (χ0v) is 13.9. The van der Waals surface area contributed by atoms with Gasteiger partial charge in [-0.15, -0.1) is 11.3 Å². The van der Waals surface area contributed by atoms with Crippen LogP contribution >= 0.6 is 22.9 Å². The third kappa shape index (κ3) is 4.87. The lowest BCUT2D eigenvalue weighted by Crippen LogP contribution is -2.34. The lowest BCUT2D eigenvalue weighted by atomic mass is 10.1. The van der Waals surface area contributed by atoms with Crippen LogP contribution in [0, 0.1) is 0 Å². The second-order valence-electron chi connectivity index (χ2n) is 4.67. The zero-order valence-electron chi connectivity index (χ0n) is 12.3. The van der Waals surface area contributed by atoms with Gasteiger partial charge >= 0.3 is 6.03 Å². The van der Waals surface area contributed by atoms with Gasteiger partial charge in [0.2, 0.25) is 5.91 Å². The normalized spacial score (nSPS) is 11.6. The Morgan fingerprint density at radius 1 is 1.39 bits per heavy atom. The minimum atomic E-state index is -0.682. The number of methoxy groups -OCH3 is 1. The number of hydrogen-bond donors (Lipinski definition) is 3. The summed E-state index contributed by atoms with van der Waals surface area (Å²) in [6.07, 6.45) is 0.0474. The van der Waals surface area contributed by atoms with Crippen molar-refractivity contribution >= 4 is 40.6 Å². The average molecular weight is 354 g/mol. The molecule has 3 amide bonds. The minimum Gasteiger partial charge on any atom is -0.497 e. The topological polar surface area (TPSA) is 93.4 Å². The number of anilines is 1. The lowest BCUT2D eigenvalue weighted by Gasteiger charge is -2.16. The molecule has 1 aromatic carbocycles. The van der Waals surface area contributed by atoms with E-state index in [9.17, 15) is 9.59 Å². The van der Waals surface area contributed by atoms with E-state index in [-0.39, 0.29) is 12.3 Å². The smallest absolute Gasteiger partial charge is 0.312 e. The predicted molar refractivity (Wildman–Crippen MR) is 91.0 cm³/mol. The SMILES string of the molecule is COc1ccc(NC(=O)CC(NC(N)=O)c2cccs2)c(Cl)c1. The number of amides is 3. The molecule has 2 rings (SSSR count). The molecule has 1 heterocycles. The molecular weight excluding hydrogens is 338 g/mol. The second-order valence-corrected chi connectivity index (χ2v) is 6.06. The van der Waals surface area contributed by atoms with E-state index in [1.165, 1.54) is 18.4 Å². The summed E-state index contributed by atoms with van der Waals surface area (Å²) in [5, 5.41) is 7.51. The summed E-state index contributed by atoms with van der Waals surface area (Å²) in [5.74, 6) is 0.309. The third-order valence-electron chi connectivity index (χ3n) is 3.04. The van der Waals surface area contributed by atoms with Gasteiger partial charge in [0.15, 0.2) is 0 Å².